The van der Waals surface area contributed by atoms with Gasteiger partial charge in [0.2, 0.25) is 5.91 Å². The van der Waals surface area contributed by atoms with Gasteiger partial charge < -0.3 is 14.6 Å². The second kappa shape index (κ2) is 9.38. The molecule has 0 spiro atoms. The van der Waals surface area contributed by atoms with Gasteiger partial charge in [0.15, 0.2) is 0 Å². The van der Waals surface area contributed by atoms with E-state index in [1.807, 2.05) is 16.7 Å². The molecule has 0 aliphatic carbocycles. The normalized spacial score (nSPS) is 16.5. The second-order valence-corrected chi connectivity index (χ2v) is 8.35. The first-order chi connectivity index (χ1) is 14.8. The predicted molar refractivity (Wildman–Crippen MR) is 126 cm³/mol. The Kier molecular flexibility index (Phi) is 6.84. The number of hydrogen-bond donors (Lipinski definition) is 1. The predicted octanol–water partition coefficient (Wildman–Crippen LogP) is 5.97. The van der Waals surface area contributed by atoms with Crippen molar-refractivity contribution in [3.05, 3.63) is 66.0 Å². The number of rotatable bonds is 8. The summed E-state index contributed by atoms with van der Waals surface area (Å²) in [6, 6.07) is 5.21. The summed E-state index contributed by atoms with van der Waals surface area (Å²) >= 11 is 0. The third-order valence-electron chi connectivity index (χ3n) is 6.23. The minimum Gasteiger partial charge on any atom is -0.478 e. The highest BCUT2D eigenvalue weighted by molar-refractivity contribution is 6.00. The lowest BCUT2D eigenvalue weighted by Crippen LogP contribution is -2.27. The molecule has 1 aliphatic rings. The van der Waals surface area contributed by atoms with Crippen molar-refractivity contribution in [2.75, 3.05) is 7.05 Å². The molecule has 0 fully saturated rings. The fraction of sp³-hybridized carbons (Fsp3) is 0.385. The summed E-state index contributed by atoms with van der Waals surface area (Å²) in [7, 11) is 1.74. The number of nitrogens with zero attached hydrogens (tertiary/aromatic N) is 2. The van der Waals surface area contributed by atoms with Crippen molar-refractivity contribution in [3.8, 4) is 0 Å². The maximum absolute atomic E-state index is 13.0. The van der Waals surface area contributed by atoms with E-state index in [1.54, 1.807) is 30.2 Å². The summed E-state index contributed by atoms with van der Waals surface area (Å²) in [6.07, 6.45) is 9.26. The summed E-state index contributed by atoms with van der Waals surface area (Å²) in [4.78, 5) is 26.2. The molecule has 0 bridgehead atoms. The van der Waals surface area contributed by atoms with E-state index in [4.69, 9.17) is 0 Å². The Labute approximate surface area is 184 Å². The van der Waals surface area contributed by atoms with Gasteiger partial charge in [0.1, 0.15) is 6.54 Å². The smallest absolute Gasteiger partial charge is 0.335 e. The van der Waals surface area contributed by atoms with Gasteiger partial charge in [-0.3, -0.25) is 4.79 Å². The second-order valence-electron chi connectivity index (χ2n) is 8.35. The number of hydrogen-bond acceptors (Lipinski definition) is 2. The number of carboxylic acids is 1. The van der Waals surface area contributed by atoms with E-state index >= 15 is 0 Å². The molecule has 5 nitrogen and oxygen atoms in total. The molecule has 31 heavy (non-hydrogen) atoms. The number of amides is 1. The van der Waals surface area contributed by atoms with Crippen LogP contribution in [-0.4, -0.2) is 33.5 Å². The number of carbonyl (C=O) groups excluding carboxylic acids is 1. The summed E-state index contributed by atoms with van der Waals surface area (Å²) in [5.41, 5.74) is 4.54. The molecule has 164 valence electrons. The lowest BCUT2D eigenvalue weighted by atomic mass is 9.89. The molecular formula is C26H32N2O3. The molecule has 2 heterocycles. The first-order valence-corrected chi connectivity index (χ1v) is 11.0. The number of fused-ring (bicyclic) bond motifs is 3. The third kappa shape index (κ3) is 4.22. The van der Waals surface area contributed by atoms with Gasteiger partial charge in [0.05, 0.1) is 22.5 Å². The fourth-order valence-electron chi connectivity index (χ4n) is 4.54. The Morgan fingerprint density at radius 1 is 1.29 bits per heavy atom. The molecule has 1 aromatic carbocycles. The highest BCUT2D eigenvalue weighted by Crippen LogP contribution is 2.41. The number of unbranched alkanes of at least 4 members (excludes halogenated alkanes) is 3. The number of carbonyl (C=O) groups is 2. The largest absolute Gasteiger partial charge is 0.478 e. The molecule has 1 amide bonds. The first-order valence-electron chi connectivity index (χ1n) is 11.0. The zero-order valence-corrected chi connectivity index (χ0v) is 18.8. The summed E-state index contributed by atoms with van der Waals surface area (Å²) < 4.78 is 1.95. The van der Waals surface area contributed by atoms with Crippen LogP contribution in [0.5, 0.6) is 0 Å². The van der Waals surface area contributed by atoms with Crippen LogP contribution in [-0.2, 0) is 11.3 Å². The SMILES string of the molecule is C=C/C=C1\C(=C)c2c(C(C)CCCCCC)c3ccc(C(=O)O)cc3n2CC(=O)N1C. The van der Waals surface area contributed by atoms with E-state index in [1.165, 1.54) is 19.3 Å². The van der Waals surface area contributed by atoms with E-state index in [0.29, 0.717) is 0 Å². The van der Waals surface area contributed by atoms with Crippen LogP contribution in [0.2, 0.25) is 0 Å². The van der Waals surface area contributed by atoms with E-state index in [0.717, 1.165) is 46.3 Å². The van der Waals surface area contributed by atoms with Gasteiger partial charge in [-0.1, -0.05) is 64.8 Å². The van der Waals surface area contributed by atoms with Gasteiger partial charge in [0.25, 0.3) is 0 Å². The quantitative estimate of drug-likeness (QED) is 0.535. The maximum atomic E-state index is 13.0. The standard InChI is InChI=1S/C26H32N2O3/c1-6-8-9-10-12-17(3)24-20-14-13-19(26(30)31)15-22(20)28-16-23(29)27(5)21(11-7-2)18(4)25(24)28/h7,11,13-15,17H,2,4,6,8-10,12,16H2,1,3,5H3,(H,30,31)/b21-11+. The molecule has 0 saturated carbocycles. The van der Waals surface area contributed by atoms with Crippen molar-refractivity contribution in [1.82, 2.24) is 9.47 Å². The minimum absolute atomic E-state index is 0.0761. The Balaban J connectivity index is 2.24. The Morgan fingerprint density at radius 2 is 2.03 bits per heavy atom. The molecule has 0 radical (unpaired) electrons. The van der Waals surface area contributed by atoms with Crippen LogP contribution in [0.3, 0.4) is 0 Å². The molecule has 1 unspecified atom stereocenters. The molecular weight excluding hydrogens is 388 g/mol. The molecule has 1 atom stereocenters. The van der Waals surface area contributed by atoms with Crippen LogP contribution < -0.4 is 0 Å². The molecule has 5 heteroatoms. The molecule has 2 aromatic rings. The van der Waals surface area contributed by atoms with E-state index in [-0.39, 0.29) is 23.9 Å². The monoisotopic (exact) mass is 420 g/mol. The number of aromatic carboxylic acids is 1. The van der Waals surface area contributed by atoms with Gasteiger partial charge in [-0.05, 0) is 36.1 Å². The lowest BCUT2D eigenvalue weighted by molar-refractivity contribution is -0.128. The molecule has 0 saturated heterocycles. The summed E-state index contributed by atoms with van der Waals surface area (Å²) in [6.45, 7) is 12.7. The van der Waals surface area contributed by atoms with Crippen LogP contribution in [0, 0.1) is 0 Å². The van der Waals surface area contributed by atoms with Crippen LogP contribution in [0.1, 0.15) is 73.5 Å². The van der Waals surface area contributed by atoms with E-state index in [9.17, 15) is 14.7 Å². The molecule has 3 rings (SSSR count). The molecule has 1 aromatic heterocycles. The van der Waals surface area contributed by atoms with Gasteiger partial charge in [-0.25, -0.2) is 4.79 Å². The summed E-state index contributed by atoms with van der Waals surface area (Å²) in [5, 5.41) is 10.5. The highest BCUT2D eigenvalue weighted by Gasteiger charge is 2.31. The Bertz CT molecular complexity index is 1070. The van der Waals surface area contributed by atoms with Crippen molar-refractivity contribution in [1.29, 1.82) is 0 Å². The van der Waals surface area contributed by atoms with E-state index in [2.05, 4.69) is 27.0 Å². The lowest BCUT2D eigenvalue weighted by Gasteiger charge is -2.20. The van der Waals surface area contributed by atoms with Gasteiger partial charge >= 0.3 is 5.97 Å². The molecule has 1 aliphatic heterocycles. The van der Waals surface area contributed by atoms with Crippen LogP contribution in [0.4, 0.5) is 0 Å². The van der Waals surface area contributed by atoms with Crippen molar-refractivity contribution < 1.29 is 14.7 Å². The average Bonchev–Trinajstić information content (AvgIpc) is 3.03. The number of benzene rings is 1. The van der Waals surface area contributed by atoms with Crippen molar-refractivity contribution in [2.45, 2.75) is 58.4 Å². The maximum Gasteiger partial charge on any atom is 0.335 e. The Morgan fingerprint density at radius 3 is 2.68 bits per heavy atom. The summed E-state index contributed by atoms with van der Waals surface area (Å²) in [5.74, 6) is -0.797. The highest BCUT2D eigenvalue weighted by atomic mass is 16.4. The zero-order chi connectivity index (χ0) is 22.7. The minimum atomic E-state index is -0.977. The molecule has 1 N–H and O–H groups in total. The third-order valence-corrected chi connectivity index (χ3v) is 6.23. The fourth-order valence-corrected chi connectivity index (χ4v) is 4.54. The Hall–Kier alpha value is -3.08. The van der Waals surface area contributed by atoms with Crippen molar-refractivity contribution in [2.24, 2.45) is 0 Å². The number of allylic oxidation sites excluding steroid dienone is 3. The van der Waals surface area contributed by atoms with Crippen LogP contribution in [0.15, 0.2) is 49.2 Å². The van der Waals surface area contributed by atoms with Crippen LogP contribution >= 0.6 is 0 Å². The number of carboxylic acid groups (broad SMARTS) is 1. The van der Waals surface area contributed by atoms with Gasteiger partial charge in [-0.15, -0.1) is 0 Å². The van der Waals surface area contributed by atoms with Crippen molar-refractivity contribution >= 4 is 28.4 Å². The van der Waals surface area contributed by atoms with E-state index < -0.39 is 5.97 Å². The number of likely N-dealkylation sites (N-methyl/N-ethyl adjacent to an activating group) is 1. The number of aromatic nitrogens is 1. The van der Waals surface area contributed by atoms with Gasteiger partial charge in [0, 0.05) is 18.0 Å². The zero-order valence-electron chi connectivity index (χ0n) is 18.8. The average molecular weight is 421 g/mol. The first kappa shape index (κ1) is 22.6. The van der Waals surface area contributed by atoms with Crippen molar-refractivity contribution in [3.63, 3.8) is 0 Å². The van der Waals surface area contributed by atoms with Crippen LogP contribution in [0.25, 0.3) is 16.5 Å². The van der Waals surface area contributed by atoms with Gasteiger partial charge in [-0.2, -0.15) is 0 Å². The topological polar surface area (TPSA) is 62.5 Å².